The molecule has 1 aromatic carbocycles. The predicted octanol–water partition coefficient (Wildman–Crippen LogP) is 2.79. The molecular weight excluding hydrogens is 298 g/mol. The van der Waals surface area contributed by atoms with Crippen LogP contribution < -0.4 is 0 Å². The number of carbonyl (C=O) groups excluding carboxylic acids is 1. The van der Waals surface area contributed by atoms with E-state index in [4.69, 9.17) is 10.7 Å². The molecule has 20 heavy (non-hydrogen) atoms. The summed E-state index contributed by atoms with van der Waals surface area (Å²) < 4.78 is 22.5. The van der Waals surface area contributed by atoms with Crippen LogP contribution in [-0.4, -0.2) is 32.3 Å². The molecule has 110 valence electrons. The van der Waals surface area contributed by atoms with Crippen LogP contribution in [0.5, 0.6) is 0 Å². The van der Waals surface area contributed by atoms with Crippen molar-refractivity contribution in [2.75, 3.05) is 13.1 Å². The lowest BCUT2D eigenvalue weighted by Gasteiger charge is -2.30. The molecule has 1 amide bonds. The summed E-state index contributed by atoms with van der Waals surface area (Å²) in [5.74, 6) is 0.622. The first-order valence-electron chi connectivity index (χ1n) is 6.63. The summed E-state index contributed by atoms with van der Waals surface area (Å²) in [7, 11) is 1.55. The minimum Gasteiger partial charge on any atom is -0.339 e. The molecule has 6 heteroatoms. The highest BCUT2D eigenvalue weighted by Gasteiger charge is 2.23. The van der Waals surface area contributed by atoms with Crippen molar-refractivity contribution in [2.24, 2.45) is 5.92 Å². The highest BCUT2D eigenvalue weighted by Crippen LogP contribution is 2.22. The molecule has 0 saturated carbocycles. The Morgan fingerprint density at radius 1 is 1.30 bits per heavy atom. The summed E-state index contributed by atoms with van der Waals surface area (Å²) in [6.45, 7) is 5.43. The first-order valence-corrected chi connectivity index (χ1v) is 8.94. The van der Waals surface area contributed by atoms with Crippen LogP contribution in [0.15, 0.2) is 23.1 Å². The number of carbonyl (C=O) groups is 1. The van der Waals surface area contributed by atoms with E-state index in [1.807, 2.05) is 4.90 Å². The predicted molar refractivity (Wildman–Crippen MR) is 78.5 cm³/mol. The van der Waals surface area contributed by atoms with E-state index in [0.717, 1.165) is 25.9 Å². The van der Waals surface area contributed by atoms with Gasteiger partial charge in [-0.05, 0) is 49.4 Å². The quantitative estimate of drug-likeness (QED) is 0.789. The van der Waals surface area contributed by atoms with Gasteiger partial charge in [-0.1, -0.05) is 6.92 Å². The lowest BCUT2D eigenvalue weighted by molar-refractivity contribution is 0.0696. The second-order valence-corrected chi connectivity index (χ2v) is 7.96. The number of likely N-dealkylation sites (tertiary alicyclic amines) is 1. The van der Waals surface area contributed by atoms with E-state index in [-0.39, 0.29) is 10.8 Å². The molecule has 0 radical (unpaired) electrons. The number of hydrogen-bond donors (Lipinski definition) is 0. The first kappa shape index (κ1) is 15.3. The van der Waals surface area contributed by atoms with Gasteiger partial charge in [-0.15, -0.1) is 0 Å². The molecule has 1 saturated heterocycles. The zero-order valence-corrected chi connectivity index (χ0v) is 13.2. The van der Waals surface area contributed by atoms with Gasteiger partial charge in [0.2, 0.25) is 0 Å². The molecule has 0 bridgehead atoms. The summed E-state index contributed by atoms with van der Waals surface area (Å²) >= 11 is 0. The Balaban J connectivity index is 2.23. The Labute approximate surface area is 124 Å². The monoisotopic (exact) mass is 315 g/mol. The van der Waals surface area contributed by atoms with E-state index in [9.17, 15) is 13.2 Å². The molecule has 1 heterocycles. The van der Waals surface area contributed by atoms with Gasteiger partial charge in [-0.25, -0.2) is 8.42 Å². The number of aryl methyl sites for hydroxylation is 1. The van der Waals surface area contributed by atoms with Gasteiger partial charge < -0.3 is 4.90 Å². The molecule has 0 spiro atoms. The van der Waals surface area contributed by atoms with Gasteiger partial charge in [0.05, 0.1) is 4.90 Å². The Morgan fingerprint density at radius 3 is 2.40 bits per heavy atom. The largest absolute Gasteiger partial charge is 0.339 e. The molecule has 2 rings (SSSR count). The Morgan fingerprint density at radius 2 is 1.90 bits per heavy atom. The van der Waals surface area contributed by atoms with E-state index < -0.39 is 9.05 Å². The van der Waals surface area contributed by atoms with Gasteiger partial charge in [-0.2, -0.15) is 0 Å². The fraction of sp³-hybridized carbons (Fsp3) is 0.500. The maximum Gasteiger partial charge on any atom is 0.261 e. The molecule has 0 unspecified atom stereocenters. The van der Waals surface area contributed by atoms with E-state index in [2.05, 4.69) is 6.92 Å². The highest BCUT2D eigenvalue weighted by molar-refractivity contribution is 8.13. The molecule has 1 fully saturated rings. The van der Waals surface area contributed by atoms with Crippen LogP contribution in [0.3, 0.4) is 0 Å². The minimum absolute atomic E-state index is 0.0282. The van der Waals surface area contributed by atoms with Crippen molar-refractivity contribution in [1.82, 2.24) is 4.90 Å². The lowest BCUT2D eigenvalue weighted by atomic mass is 9.98. The maximum absolute atomic E-state index is 12.4. The molecule has 4 nitrogen and oxygen atoms in total. The Bertz CT molecular complexity index is 619. The van der Waals surface area contributed by atoms with Crippen LogP contribution >= 0.6 is 10.7 Å². The average molecular weight is 316 g/mol. The average Bonchev–Trinajstić information content (AvgIpc) is 2.37. The van der Waals surface area contributed by atoms with Gasteiger partial charge in [-0.3, -0.25) is 4.79 Å². The molecule has 1 aliphatic rings. The fourth-order valence-corrected chi connectivity index (χ4v) is 3.25. The van der Waals surface area contributed by atoms with Crippen LogP contribution in [0.1, 0.15) is 35.7 Å². The smallest absolute Gasteiger partial charge is 0.261 e. The molecular formula is C14H18ClNO3S. The van der Waals surface area contributed by atoms with E-state index in [1.54, 1.807) is 13.0 Å². The van der Waals surface area contributed by atoms with Crippen LogP contribution in [0.4, 0.5) is 0 Å². The van der Waals surface area contributed by atoms with Crippen molar-refractivity contribution in [1.29, 1.82) is 0 Å². The van der Waals surface area contributed by atoms with Crippen LogP contribution in [0.2, 0.25) is 0 Å². The SMILES string of the molecule is Cc1cc(S(=O)(=O)Cl)ccc1C(=O)N1CCC(C)CC1. The van der Waals surface area contributed by atoms with E-state index in [1.165, 1.54) is 12.1 Å². The zero-order chi connectivity index (χ0) is 14.9. The number of halogens is 1. The van der Waals surface area contributed by atoms with Crippen molar-refractivity contribution in [3.63, 3.8) is 0 Å². The van der Waals surface area contributed by atoms with Gasteiger partial charge >= 0.3 is 0 Å². The van der Waals surface area contributed by atoms with E-state index in [0.29, 0.717) is 17.0 Å². The number of piperidine rings is 1. The number of benzene rings is 1. The summed E-state index contributed by atoms with van der Waals surface area (Å²) in [6, 6.07) is 4.38. The van der Waals surface area contributed by atoms with Crippen molar-refractivity contribution < 1.29 is 13.2 Å². The second kappa shape index (κ2) is 5.74. The number of amides is 1. The number of hydrogen-bond acceptors (Lipinski definition) is 3. The van der Waals surface area contributed by atoms with Crippen molar-refractivity contribution >= 4 is 25.6 Å². The molecule has 1 aliphatic heterocycles. The minimum atomic E-state index is -3.75. The van der Waals surface area contributed by atoms with Crippen LogP contribution in [-0.2, 0) is 9.05 Å². The highest BCUT2D eigenvalue weighted by atomic mass is 35.7. The number of rotatable bonds is 2. The summed E-state index contributed by atoms with van der Waals surface area (Å²) in [4.78, 5) is 14.3. The summed E-state index contributed by atoms with van der Waals surface area (Å²) in [5, 5.41) is 0. The van der Waals surface area contributed by atoms with Gasteiger partial charge in [0.15, 0.2) is 0 Å². The topological polar surface area (TPSA) is 54.5 Å². The van der Waals surface area contributed by atoms with Crippen molar-refractivity contribution in [2.45, 2.75) is 31.6 Å². The summed E-state index contributed by atoms with van der Waals surface area (Å²) in [5.41, 5.74) is 1.18. The van der Waals surface area contributed by atoms with Gasteiger partial charge in [0, 0.05) is 29.3 Å². The lowest BCUT2D eigenvalue weighted by Crippen LogP contribution is -2.38. The molecule has 1 aromatic rings. The van der Waals surface area contributed by atoms with Gasteiger partial charge in [0.1, 0.15) is 0 Å². The standard InChI is InChI=1S/C14H18ClNO3S/c1-10-5-7-16(8-6-10)14(17)13-4-3-12(9-11(13)2)20(15,18)19/h3-4,9-10H,5-8H2,1-2H3. The molecule has 0 aliphatic carbocycles. The first-order chi connectivity index (χ1) is 9.29. The molecule has 0 aromatic heterocycles. The maximum atomic E-state index is 12.4. The zero-order valence-electron chi connectivity index (χ0n) is 11.6. The van der Waals surface area contributed by atoms with Crippen LogP contribution in [0.25, 0.3) is 0 Å². The summed E-state index contributed by atoms with van der Waals surface area (Å²) in [6.07, 6.45) is 2.03. The van der Waals surface area contributed by atoms with E-state index >= 15 is 0 Å². The Kier molecular flexibility index (Phi) is 4.39. The van der Waals surface area contributed by atoms with Crippen LogP contribution in [0, 0.1) is 12.8 Å². The third-order valence-electron chi connectivity index (χ3n) is 3.78. The van der Waals surface area contributed by atoms with Gasteiger partial charge in [0.25, 0.3) is 15.0 Å². The van der Waals surface area contributed by atoms with Crippen molar-refractivity contribution in [3.8, 4) is 0 Å². The number of nitrogens with zero attached hydrogens (tertiary/aromatic N) is 1. The fourth-order valence-electron chi connectivity index (χ4n) is 2.41. The Hall–Kier alpha value is -1.07. The molecule has 0 atom stereocenters. The normalized spacial score (nSPS) is 17.2. The molecule has 0 N–H and O–H groups in total. The second-order valence-electron chi connectivity index (χ2n) is 5.39. The third kappa shape index (κ3) is 3.33. The third-order valence-corrected chi connectivity index (χ3v) is 5.13. The van der Waals surface area contributed by atoms with Crippen molar-refractivity contribution in [3.05, 3.63) is 29.3 Å².